The molecule has 1 fully saturated rings. The molecule has 2 amide bonds. The lowest BCUT2D eigenvalue weighted by molar-refractivity contribution is 0.195. The van der Waals surface area contributed by atoms with Gasteiger partial charge in [-0.3, -0.25) is 0 Å². The van der Waals surface area contributed by atoms with E-state index in [1.54, 1.807) is 11.0 Å². The molecule has 2 heterocycles. The van der Waals surface area contributed by atoms with Crippen LogP contribution < -0.4 is 5.32 Å². The lowest BCUT2D eigenvalue weighted by Gasteiger charge is -2.23. The highest BCUT2D eigenvalue weighted by Gasteiger charge is 2.33. The molecule has 1 aliphatic rings. The van der Waals surface area contributed by atoms with Crippen molar-refractivity contribution in [3.05, 3.63) is 46.0 Å². The summed E-state index contributed by atoms with van der Waals surface area (Å²) in [4.78, 5) is 14.2. The van der Waals surface area contributed by atoms with Gasteiger partial charge in [0.25, 0.3) is 0 Å². The molecule has 0 bridgehead atoms. The second-order valence-electron chi connectivity index (χ2n) is 5.48. The van der Waals surface area contributed by atoms with Crippen LogP contribution in [0.4, 0.5) is 14.9 Å². The number of nitrogens with zero attached hydrogens (tertiary/aromatic N) is 2. The van der Waals surface area contributed by atoms with Gasteiger partial charge in [0, 0.05) is 17.1 Å². The van der Waals surface area contributed by atoms with Crippen molar-refractivity contribution in [2.75, 3.05) is 11.9 Å². The van der Waals surface area contributed by atoms with Crippen LogP contribution in [0, 0.1) is 5.82 Å². The molecule has 5 nitrogen and oxygen atoms in total. The number of carbonyl (C=O) groups is 1. The van der Waals surface area contributed by atoms with Crippen LogP contribution in [0.5, 0.6) is 0 Å². The summed E-state index contributed by atoms with van der Waals surface area (Å²) in [5, 5.41) is 6.61. The van der Waals surface area contributed by atoms with Gasteiger partial charge in [0.2, 0.25) is 0 Å². The average Bonchev–Trinajstić information content (AvgIpc) is 3.17. The summed E-state index contributed by atoms with van der Waals surface area (Å²) >= 11 is 3.20. The zero-order valence-electron chi connectivity index (χ0n) is 12.7. The minimum Gasteiger partial charge on any atom is -0.359 e. The third kappa shape index (κ3) is 3.39. The molecule has 2 aromatic rings. The summed E-state index contributed by atoms with van der Waals surface area (Å²) < 4.78 is 19.9. The standard InChI is InChI=1S/C16H17BrFN3O2/c1-2-11-9-15(23-20-11)14-4-3-7-21(14)16(22)19-13-6-5-10(17)8-12(13)18/h5-6,8-9,14H,2-4,7H2,1H3,(H,19,22). The number of benzene rings is 1. The number of urea groups is 1. The molecule has 1 atom stereocenters. The van der Waals surface area contributed by atoms with Gasteiger partial charge in [0.1, 0.15) is 5.82 Å². The number of aryl methyl sites for hydroxylation is 1. The van der Waals surface area contributed by atoms with E-state index in [2.05, 4.69) is 26.4 Å². The monoisotopic (exact) mass is 381 g/mol. The number of amides is 2. The fourth-order valence-electron chi connectivity index (χ4n) is 2.74. The van der Waals surface area contributed by atoms with E-state index in [1.165, 1.54) is 12.1 Å². The van der Waals surface area contributed by atoms with Crippen LogP contribution in [-0.2, 0) is 6.42 Å². The highest BCUT2D eigenvalue weighted by Crippen LogP contribution is 2.33. The van der Waals surface area contributed by atoms with Gasteiger partial charge < -0.3 is 14.7 Å². The van der Waals surface area contributed by atoms with Crippen molar-refractivity contribution >= 4 is 27.6 Å². The van der Waals surface area contributed by atoms with Gasteiger partial charge in [-0.25, -0.2) is 9.18 Å². The van der Waals surface area contributed by atoms with Crippen LogP contribution >= 0.6 is 15.9 Å². The second kappa shape index (κ2) is 6.70. The fourth-order valence-corrected chi connectivity index (χ4v) is 3.07. The van der Waals surface area contributed by atoms with E-state index < -0.39 is 5.82 Å². The van der Waals surface area contributed by atoms with Gasteiger partial charge in [-0.2, -0.15) is 0 Å². The molecular formula is C16H17BrFN3O2. The molecule has 1 saturated heterocycles. The smallest absolute Gasteiger partial charge is 0.322 e. The maximum absolute atomic E-state index is 13.9. The Kier molecular flexibility index (Phi) is 4.66. The zero-order chi connectivity index (χ0) is 16.4. The van der Waals surface area contributed by atoms with E-state index in [-0.39, 0.29) is 17.8 Å². The number of hydrogen-bond acceptors (Lipinski definition) is 3. The molecule has 1 aliphatic heterocycles. The van der Waals surface area contributed by atoms with E-state index in [9.17, 15) is 9.18 Å². The van der Waals surface area contributed by atoms with Crippen LogP contribution in [0.2, 0.25) is 0 Å². The van der Waals surface area contributed by atoms with Crippen LogP contribution in [0.1, 0.15) is 37.3 Å². The molecule has 0 aliphatic carbocycles. The molecule has 23 heavy (non-hydrogen) atoms. The highest BCUT2D eigenvalue weighted by atomic mass is 79.9. The Bertz CT molecular complexity index is 719. The van der Waals surface area contributed by atoms with E-state index >= 15 is 0 Å². The Morgan fingerprint density at radius 1 is 1.52 bits per heavy atom. The zero-order valence-corrected chi connectivity index (χ0v) is 14.3. The van der Waals surface area contributed by atoms with Crippen molar-refractivity contribution in [3.8, 4) is 0 Å². The Morgan fingerprint density at radius 2 is 2.35 bits per heavy atom. The van der Waals surface area contributed by atoms with Crippen molar-refractivity contribution in [3.63, 3.8) is 0 Å². The van der Waals surface area contributed by atoms with Gasteiger partial charge in [0.15, 0.2) is 5.76 Å². The summed E-state index contributed by atoms with van der Waals surface area (Å²) in [7, 11) is 0. The maximum Gasteiger partial charge on any atom is 0.322 e. The summed E-state index contributed by atoms with van der Waals surface area (Å²) in [5.41, 5.74) is 1.03. The molecule has 3 rings (SSSR count). The molecule has 122 valence electrons. The van der Waals surface area contributed by atoms with Crippen molar-refractivity contribution in [2.24, 2.45) is 0 Å². The molecule has 1 unspecified atom stereocenters. The number of nitrogens with one attached hydrogen (secondary N) is 1. The summed E-state index contributed by atoms with van der Waals surface area (Å²) in [6.45, 7) is 2.61. The number of anilines is 1. The minimum atomic E-state index is -0.476. The molecule has 0 saturated carbocycles. The van der Waals surface area contributed by atoms with E-state index in [0.29, 0.717) is 16.8 Å². The maximum atomic E-state index is 13.9. The van der Waals surface area contributed by atoms with Gasteiger partial charge >= 0.3 is 6.03 Å². The van der Waals surface area contributed by atoms with Crippen molar-refractivity contribution < 1.29 is 13.7 Å². The number of hydrogen-bond donors (Lipinski definition) is 1. The van der Waals surface area contributed by atoms with Gasteiger partial charge in [-0.1, -0.05) is 28.0 Å². The number of carbonyl (C=O) groups excluding carboxylic acids is 1. The van der Waals surface area contributed by atoms with Gasteiger partial charge in [0.05, 0.1) is 17.4 Å². The average molecular weight is 382 g/mol. The number of aromatic nitrogens is 1. The van der Waals surface area contributed by atoms with Crippen molar-refractivity contribution in [1.29, 1.82) is 0 Å². The van der Waals surface area contributed by atoms with Gasteiger partial charge in [-0.05, 0) is 37.5 Å². The molecule has 7 heteroatoms. The molecular weight excluding hydrogens is 365 g/mol. The Labute approximate surface area is 142 Å². The van der Waals surface area contributed by atoms with E-state index in [4.69, 9.17) is 4.52 Å². The van der Waals surface area contributed by atoms with Gasteiger partial charge in [-0.15, -0.1) is 0 Å². The topological polar surface area (TPSA) is 58.4 Å². The predicted molar refractivity (Wildman–Crippen MR) is 87.7 cm³/mol. The SMILES string of the molecule is CCc1cc(C2CCCN2C(=O)Nc2ccc(Br)cc2F)on1. The molecule has 1 aromatic heterocycles. The fraction of sp³-hybridized carbons (Fsp3) is 0.375. The lowest BCUT2D eigenvalue weighted by atomic mass is 10.1. The summed E-state index contributed by atoms with van der Waals surface area (Å²) in [5.74, 6) is 0.210. The molecule has 1 aromatic carbocycles. The number of halogens is 2. The Balaban J connectivity index is 1.75. The van der Waals surface area contributed by atoms with Crippen molar-refractivity contribution in [2.45, 2.75) is 32.2 Å². The van der Waals surface area contributed by atoms with E-state index in [1.807, 2.05) is 13.0 Å². The number of rotatable bonds is 3. The Hall–Kier alpha value is -1.89. The van der Waals surface area contributed by atoms with Crippen LogP contribution in [-0.4, -0.2) is 22.6 Å². The first-order valence-electron chi connectivity index (χ1n) is 7.56. The molecule has 0 spiro atoms. The quantitative estimate of drug-likeness (QED) is 0.850. The summed E-state index contributed by atoms with van der Waals surface area (Å²) in [6, 6.07) is 5.94. The van der Waals surface area contributed by atoms with Crippen LogP contribution in [0.3, 0.4) is 0 Å². The highest BCUT2D eigenvalue weighted by molar-refractivity contribution is 9.10. The molecule has 0 radical (unpaired) electrons. The largest absolute Gasteiger partial charge is 0.359 e. The lowest BCUT2D eigenvalue weighted by Crippen LogP contribution is -2.34. The summed E-state index contributed by atoms with van der Waals surface area (Å²) in [6.07, 6.45) is 2.48. The third-order valence-electron chi connectivity index (χ3n) is 3.95. The minimum absolute atomic E-state index is 0.152. The first-order chi connectivity index (χ1) is 11.1. The number of likely N-dealkylation sites (tertiary alicyclic amines) is 1. The Morgan fingerprint density at radius 3 is 3.04 bits per heavy atom. The first-order valence-corrected chi connectivity index (χ1v) is 8.36. The second-order valence-corrected chi connectivity index (χ2v) is 6.40. The van der Waals surface area contributed by atoms with E-state index in [0.717, 1.165) is 25.0 Å². The van der Waals surface area contributed by atoms with Crippen LogP contribution in [0.25, 0.3) is 0 Å². The van der Waals surface area contributed by atoms with Crippen molar-refractivity contribution in [1.82, 2.24) is 10.1 Å². The predicted octanol–water partition coefficient (Wildman–Crippen LogP) is 4.51. The first kappa shape index (κ1) is 16.0. The third-order valence-corrected chi connectivity index (χ3v) is 4.45. The molecule has 1 N–H and O–H groups in total. The normalized spacial score (nSPS) is 17.5. The van der Waals surface area contributed by atoms with Crippen LogP contribution in [0.15, 0.2) is 33.3 Å².